The molecule has 3 aromatic rings. The van der Waals surface area contributed by atoms with Crippen LogP contribution in [0.25, 0.3) is 20.2 Å². The highest BCUT2D eigenvalue weighted by molar-refractivity contribution is 7.26. The smallest absolute Gasteiger partial charge is 0.0584 e. The van der Waals surface area contributed by atoms with Gasteiger partial charge < -0.3 is 5.73 Å². The molecular formula is C13H11NS. The van der Waals surface area contributed by atoms with E-state index in [4.69, 9.17) is 5.73 Å². The lowest BCUT2D eigenvalue weighted by Crippen LogP contribution is -1.81. The average Bonchev–Trinajstić information content (AvgIpc) is 2.57. The van der Waals surface area contributed by atoms with Crippen LogP contribution in [0.4, 0.5) is 5.69 Å². The lowest BCUT2D eigenvalue weighted by atomic mass is 10.1. The minimum atomic E-state index is 0.881. The van der Waals surface area contributed by atoms with Crippen LogP contribution < -0.4 is 5.73 Å². The number of rotatable bonds is 0. The van der Waals surface area contributed by atoms with Gasteiger partial charge in [-0.05, 0) is 24.6 Å². The Morgan fingerprint density at radius 1 is 1.07 bits per heavy atom. The zero-order chi connectivity index (χ0) is 10.4. The summed E-state index contributed by atoms with van der Waals surface area (Å²) < 4.78 is 2.53. The Bertz CT molecular complexity index is 652. The van der Waals surface area contributed by atoms with Gasteiger partial charge in [-0.2, -0.15) is 0 Å². The maximum Gasteiger partial charge on any atom is 0.0584 e. The molecular weight excluding hydrogens is 202 g/mol. The molecule has 0 atom stereocenters. The van der Waals surface area contributed by atoms with Gasteiger partial charge in [0.15, 0.2) is 0 Å². The number of fused-ring (bicyclic) bond motifs is 3. The van der Waals surface area contributed by atoms with Gasteiger partial charge in [-0.15, -0.1) is 11.3 Å². The molecule has 1 aromatic heterocycles. The quantitative estimate of drug-likeness (QED) is 0.562. The number of hydrogen-bond donors (Lipinski definition) is 1. The summed E-state index contributed by atoms with van der Waals surface area (Å²) in [7, 11) is 0. The molecule has 0 aliphatic heterocycles. The molecule has 0 spiro atoms. The zero-order valence-electron chi connectivity index (χ0n) is 8.45. The maximum absolute atomic E-state index is 5.97. The highest BCUT2D eigenvalue weighted by Crippen LogP contribution is 2.37. The molecule has 1 nitrogen and oxygen atoms in total. The third kappa shape index (κ3) is 1.22. The number of aryl methyl sites for hydroxylation is 1. The van der Waals surface area contributed by atoms with Crippen molar-refractivity contribution in [1.82, 2.24) is 0 Å². The number of hydrogen-bond acceptors (Lipinski definition) is 2. The summed E-state index contributed by atoms with van der Waals surface area (Å²) in [5.74, 6) is 0. The summed E-state index contributed by atoms with van der Waals surface area (Å²) in [6, 6.07) is 12.7. The molecule has 0 aliphatic rings. The minimum absolute atomic E-state index is 0.881. The Hall–Kier alpha value is -1.54. The first kappa shape index (κ1) is 8.74. The largest absolute Gasteiger partial charge is 0.398 e. The molecule has 1 heterocycles. The average molecular weight is 213 g/mol. The van der Waals surface area contributed by atoms with Gasteiger partial charge >= 0.3 is 0 Å². The normalized spacial score (nSPS) is 11.3. The van der Waals surface area contributed by atoms with Crippen LogP contribution in [0.2, 0.25) is 0 Å². The third-order valence-electron chi connectivity index (χ3n) is 2.68. The fraction of sp³-hybridized carbons (Fsp3) is 0.0769. The van der Waals surface area contributed by atoms with Crippen molar-refractivity contribution < 1.29 is 0 Å². The second kappa shape index (κ2) is 2.97. The molecule has 0 radical (unpaired) electrons. The number of nitrogens with two attached hydrogens (primary N) is 1. The predicted molar refractivity (Wildman–Crippen MR) is 68.5 cm³/mol. The van der Waals surface area contributed by atoms with Crippen molar-refractivity contribution in [1.29, 1.82) is 0 Å². The van der Waals surface area contributed by atoms with E-state index < -0.39 is 0 Å². The maximum atomic E-state index is 5.97. The monoisotopic (exact) mass is 213 g/mol. The number of nitrogen functional groups attached to an aromatic ring is 1. The standard InChI is InChI=1S/C13H11NS/c1-8-5-6-9-10-3-2-4-11(14)13(10)15-12(9)7-8/h2-7H,14H2,1H3. The molecule has 0 saturated carbocycles. The van der Waals surface area contributed by atoms with E-state index in [1.807, 2.05) is 12.1 Å². The third-order valence-corrected chi connectivity index (χ3v) is 3.90. The first-order valence-electron chi connectivity index (χ1n) is 4.93. The molecule has 0 aliphatic carbocycles. The van der Waals surface area contributed by atoms with Crippen molar-refractivity contribution in [2.45, 2.75) is 6.92 Å². The fourth-order valence-corrected chi connectivity index (χ4v) is 3.15. The Morgan fingerprint density at radius 2 is 1.93 bits per heavy atom. The van der Waals surface area contributed by atoms with E-state index in [0.29, 0.717) is 0 Å². The Labute approximate surface area is 92.1 Å². The molecule has 2 heteroatoms. The van der Waals surface area contributed by atoms with Crippen LogP contribution in [0.3, 0.4) is 0 Å². The molecule has 74 valence electrons. The zero-order valence-corrected chi connectivity index (χ0v) is 9.27. The summed E-state index contributed by atoms with van der Waals surface area (Å²) in [6.07, 6.45) is 0. The molecule has 0 unspecified atom stereocenters. The highest BCUT2D eigenvalue weighted by atomic mass is 32.1. The van der Waals surface area contributed by atoms with Crippen LogP contribution in [-0.4, -0.2) is 0 Å². The van der Waals surface area contributed by atoms with Gasteiger partial charge in [-0.1, -0.05) is 24.3 Å². The van der Waals surface area contributed by atoms with E-state index >= 15 is 0 Å². The van der Waals surface area contributed by atoms with E-state index in [0.717, 1.165) is 5.69 Å². The van der Waals surface area contributed by atoms with Crippen molar-refractivity contribution in [2.75, 3.05) is 5.73 Å². The van der Waals surface area contributed by atoms with Crippen LogP contribution in [0.1, 0.15) is 5.56 Å². The van der Waals surface area contributed by atoms with Crippen molar-refractivity contribution in [3.8, 4) is 0 Å². The van der Waals surface area contributed by atoms with Crippen LogP contribution in [0.5, 0.6) is 0 Å². The van der Waals surface area contributed by atoms with E-state index in [2.05, 4.69) is 31.2 Å². The summed E-state index contributed by atoms with van der Waals surface area (Å²) in [4.78, 5) is 0. The van der Waals surface area contributed by atoms with Gasteiger partial charge in [0.25, 0.3) is 0 Å². The summed E-state index contributed by atoms with van der Waals surface area (Å²) >= 11 is 1.78. The number of thiophene rings is 1. The van der Waals surface area contributed by atoms with E-state index in [1.165, 1.54) is 25.7 Å². The molecule has 0 fully saturated rings. The Balaban J connectivity index is 2.57. The number of benzene rings is 2. The van der Waals surface area contributed by atoms with Crippen LogP contribution >= 0.6 is 11.3 Å². The van der Waals surface area contributed by atoms with Crippen molar-refractivity contribution in [3.05, 3.63) is 42.0 Å². The van der Waals surface area contributed by atoms with Gasteiger partial charge in [-0.25, -0.2) is 0 Å². The molecule has 2 aromatic carbocycles. The summed E-state index contributed by atoms with van der Waals surface area (Å²) in [6.45, 7) is 2.12. The number of anilines is 1. The Kier molecular flexibility index (Phi) is 1.73. The van der Waals surface area contributed by atoms with Crippen molar-refractivity contribution in [2.24, 2.45) is 0 Å². The van der Waals surface area contributed by atoms with Crippen LogP contribution in [-0.2, 0) is 0 Å². The molecule has 15 heavy (non-hydrogen) atoms. The Morgan fingerprint density at radius 3 is 2.80 bits per heavy atom. The predicted octanol–water partition coefficient (Wildman–Crippen LogP) is 3.95. The van der Waals surface area contributed by atoms with Crippen LogP contribution in [0.15, 0.2) is 36.4 Å². The molecule has 0 saturated heterocycles. The topological polar surface area (TPSA) is 26.0 Å². The second-order valence-electron chi connectivity index (χ2n) is 3.83. The summed E-state index contributed by atoms with van der Waals surface area (Å²) in [5, 5.41) is 2.59. The van der Waals surface area contributed by atoms with Crippen LogP contribution in [0, 0.1) is 6.92 Å². The SMILES string of the molecule is Cc1ccc2c(c1)sc1c(N)cccc12. The van der Waals surface area contributed by atoms with E-state index in [1.54, 1.807) is 11.3 Å². The first-order valence-corrected chi connectivity index (χ1v) is 5.75. The molecule has 0 amide bonds. The van der Waals surface area contributed by atoms with Crippen molar-refractivity contribution >= 4 is 37.2 Å². The summed E-state index contributed by atoms with van der Waals surface area (Å²) in [5.41, 5.74) is 8.15. The highest BCUT2D eigenvalue weighted by Gasteiger charge is 2.06. The van der Waals surface area contributed by atoms with Gasteiger partial charge in [-0.3, -0.25) is 0 Å². The first-order chi connectivity index (χ1) is 7.25. The van der Waals surface area contributed by atoms with E-state index in [-0.39, 0.29) is 0 Å². The van der Waals surface area contributed by atoms with Gasteiger partial charge in [0.05, 0.1) is 4.70 Å². The molecule has 3 rings (SSSR count). The molecule has 0 bridgehead atoms. The second-order valence-corrected chi connectivity index (χ2v) is 4.88. The minimum Gasteiger partial charge on any atom is -0.398 e. The van der Waals surface area contributed by atoms with E-state index in [9.17, 15) is 0 Å². The van der Waals surface area contributed by atoms with Gasteiger partial charge in [0.1, 0.15) is 0 Å². The van der Waals surface area contributed by atoms with Crippen molar-refractivity contribution in [3.63, 3.8) is 0 Å². The lowest BCUT2D eigenvalue weighted by Gasteiger charge is -1.94. The van der Waals surface area contributed by atoms with Gasteiger partial charge in [0, 0.05) is 21.2 Å². The fourth-order valence-electron chi connectivity index (χ4n) is 1.93. The van der Waals surface area contributed by atoms with Gasteiger partial charge in [0.2, 0.25) is 0 Å². The lowest BCUT2D eigenvalue weighted by molar-refractivity contribution is 1.52. The molecule has 2 N–H and O–H groups in total.